The van der Waals surface area contributed by atoms with Crippen LogP contribution >= 0.6 is 11.8 Å². The molecule has 0 aliphatic heterocycles. The van der Waals surface area contributed by atoms with E-state index >= 15 is 0 Å². The highest BCUT2D eigenvalue weighted by molar-refractivity contribution is 7.99. The van der Waals surface area contributed by atoms with Crippen molar-refractivity contribution in [1.82, 2.24) is 5.32 Å². The van der Waals surface area contributed by atoms with Crippen LogP contribution < -0.4 is 16.0 Å². The first-order valence-electron chi connectivity index (χ1n) is 7.56. The van der Waals surface area contributed by atoms with Crippen LogP contribution in [0, 0.1) is 0 Å². The molecule has 0 saturated carbocycles. The number of anilines is 2. The van der Waals surface area contributed by atoms with Crippen LogP contribution in [-0.2, 0) is 4.79 Å². The van der Waals surface area contributed by atoms with Crippen LogP contribution in [0.1, 0.15) is 33.6 Å². The molecule has 0 spiro atoms. The summed E-state index contributed by atoms with van der Waals surface area (Å²) in [6.45, 7) is 5.92. The van der Waals surface area contributed by atoms with Crippen LogP contribution in [0.4, 0.5) is 16.2 Å². The van der Waals surface area contributed by atoms with Gasteiger partial charge in [0, 0.05) is 17.4 Å². The molecule has 0 aliphatic rings. The summed E-state index contributed by atoms with van der Waals surface area (Å²) < 4.78 is 0. The lowest BCUT2D eigenvalue weighted by Crippen LogP contribution is -2.34. The molecule has 0 unspecified atom stereocenters. The Kier molecular flexibility index (Phi) is 8.43. The number of urea groups is 1. The van der Waals surface area contributed by atoms with Crippen LogP contribution in [0.15, 0.2) is 24.3 Å². The summed E-state index contributed by atoms with van der Waals surface area (Å²) in [5.41, 5.74) is 1.33. The van der Waals surface area contributed by atoms with E-state index in [1.165, 1.54) is 0 Å². The number of carbonyl (C=O) groups is 2. The number of thioether (sulfide) groups is 1. The molecule has 3 amide bonds. The lowest BCUT2D eigenvalue weighted by molar-refractivity contribution is -0.113. The zero-order chi connectivity index (χ0) is 16.4. The zero-order valence-corrected chi connectivity index (χ0v) is 14.3. The molecule has 0 bridgehead atoms. The zero-order valence-electron chi connectivity index (χ0n) is 13.4. The average Bonchev–Trinajstić information content (AvgIpc) is 2.43. The molecule has 0 radical (unpaired) electrons. The van der Waals surface area contributed by atoms with Gasteiger partial charge in [0.25, 0.3) is 0 Å². The van der Waals surface area contributed by atoms with Gasteiger partial charge in [-0.25, -0.2) is 4.79 Å². The third-order valence-corrected chi connectivity index (χ3v) is 3.74. The quantitative estimate of drug-likeness (QED) is 0.639. The minimum atomic E-state index is -0.256. The summed E-state index contributed by atoms with van der Waals surface area (Å²) in [6, 6.07) is 6.95. The molecule has 22 heavy (non-hydrogen) atoms. The van der Waals surface area contributed by atoms with Crippen molar-refractivity contribution in [2.45, 2.75) is 39.7 Å². The lowest BCUT2D eigenvalue weighted by atomic mass is 10.2. The van der Waals surface area contributed by atoms with E-state index in [4.69, 9.17) is 0 Å². The molecular formula is C16H25N3O2S. The monoisotopic (exact) mass is 323 g/mol. The molecule has 122 valence electrons. The Morgan fingerprint density at radius 3 is 2.50 bits per heavy atom. The number of benzene rings is 1. The molecule has 0 atom stereocenters. The second-order valence-electron chi connectivity index (χ2n) is 5.29. The van der Waals surface area contributed by atoms with Gasteiger partial charge in [-0.05, 0) is 44.2 Å². The molecule has 3 N–H and O–H groups in total. The standard InChI is InChI=1S/C16H25N3O2S/c1-4-5-9-22-11-15(20)18-13-7-6-8-14(10-13)19-16(21)17-12(2)3/h6-8,10,12H,4-5,9,11H2,1-3H3,(H,18,20)(H2,17,19,21). The van der Waals surface area contributed by atoms with Crippen molar-refractivity contribution in [3.8, 4) is 0 Å². The van der Waals surface area contributed by atoms with E-state index in [1.807, 2.05) is 13.8 Å². The first kappa shape index (κ1) is 18.4. The number of nitrogens with one attached hydrogen (secondary N) is 3. The second-order valence-corrected chi connectivity index (χ2v) is 6.39. The van der Waals surface area contributed by atoms with Gasteiger partial charge in [0.15, 0.2) is 0 Å². The molecular weight excluding hydrogens is 298 g/mol. The third kappa shape index (κ3) is 7.93. The van der Waals surface area contributed by atoms with E-state index in [1.54, 1.807) is 36.0 Å². The van der Waals surface area contributed by atoms with Crippen molar-refractivity contribution in [3.05, 3.63) is 24.3 Å². The Hall–Kier alpha value is -1.69. The number of rotatable bonds is 8. The highest BCUT2D eigenvalue weighted by Crippen LogP contribution is 2.15. The van der Waals surface area contributed by atoms with Crippen molar-refractivity contribution in [2.24, 2.45) is 0 Å². The van der Waals surface area contributed by atoms with Gasteiger partial charge in [-0.3, -0.25) is 4.79 Å². The van der Waals surface area contributed by atoms with E-state index in [2.05, 4.69) is 22.9 Å². The fourth-order valence-corrected chi connectivity index (χ4v) is 2.61. The first-order valence-corrected chi connectivity index (χ1v) is 8.72. The Balaban J connectivity index is 2.46. The topological polar surface area (TPSA) is 70.2 Å². The van der Waals surface area contributed by atoms with Gasteiger partial charge >= 0.3 is 6.03 Å². The Morgan fingerprint density at radius 1 is 1.18 bits per heavy atom. The SMILES string of the molecule is CCCCSCC(=O)Nc1cccc(NC(=O)NC(C)C)c1. The molecule has 6 heteroatoms. The normalized spacial score (nSPS) is 10.4. The van der Waals surface area contributed by atoms with E-state index in [-0.39, 0.29) is 18.0 Å². The fraction of sp³-hybridized carbons (Fsp3) is 0.500. The van der Waals surface area contributed by atoms with E-state index in [9.17, 15) is 9.59 Å². The molecule has 0 fully saturated rings. The number of hydrogen-bond acceptors (Lipinski definition) is 3. The average molecular weight is 323 g/mol. The van der Waals surface area contributed by atoms with Crippen molar-refractivity contribution in [3.63, 3.8) is 0 Å². The van der Waals surface area contributed by atoms with Crippen molar-refractivity contribution in [2.75, 3.05) is 22.1 Å². The molecule has 5 nitrogen and oxygen atoms in total. The van der Waals surface area contributed by atoms with Crippen LogP contribution in [0.2, 0.25) is 0 Å². The summed E-state index contributed by atoms with van der Waals surface area (Å²) in [4.78, 5) is 23.5. The molecule has 0 heterocycles. The van der Waals surface area contributed by atoms with Gasteiger partial charge in [-0.1, -0.05) is 19.4 Å². The molecule has 1 aromatic carbocycles. The maximum atomic E-state index is 11.8. The van der Waals surface area contributed by atoms with Crippen molar-refractivity contribution >= 4 is 35.1 Å². The van der Waals surface area contributed by atoms with Gasteiger partial charge in [0.05, 0.1) is 5.75 Å². The highest BCUT2D eigenvalue weighted by Gasteiger charge is 2.06. The highest BCUT2D eigenvalue weighted by atomic mass is 32.2. The summed E-state index contributed by atoms with van der Waals surface area (Å²) >= 11 is 1.64. The van der Waals surface area contributed by atoms with Gasteiger partial charge < -0.3 is 16.0 Å². The molecule has 1 rings (SSSR count). The number of carbonyl (C=O) groups excluding carboxylic acids is 2. The van der Waals surface area contributed by atoms with Crippen LogP contribution in [0.3, 0.4) is 0 Å². The Morgan fingerprint density at radius 2 is 1.86 bits per heavy atom. The predicted octanol–water partition coefficient (Wildman–Crippen LogP) is 3.69. The summed E-state index contributed by atoms with van der Waals surface area (Å²) in [6.07, 6.45) is 2.27. The Bertz CT molecular complexity index is 492. The minimum Gasteiger partial charge on any atom is -0.336 e. The maximum Gasteiger partial charge on any atom is 0.319 e. The van der Waals surface area contributed by atoms with Gasteiger partial charge in [0.2, 0.25) is 5.91 Å². The van der Waals surface area contributed by atoms with Crippen LogP contribution in [-0.4, -0.2) is 29.5 Å². The first-order chi connectivity index (χ1) is 10.5. The summed E-state index contributed by atoms with van der Waals surface area (Å²) in [7, 11) is 0. The summed E-state index contributed by atoms with van der Waals surface area (Å²) in [5, 5.41) is 8.33. The lowest BCUT2D eigenvalue weighted by Gasteiger charge is -2.11. The molecule has 1 aromatic rings. The molecule has 0 saturated heterocycles. The minimum absolute atomic E-state index is 0.0233. The van der Waals surface area contributed by atoms with E-state index in [0.29, 0.717) is 17.1 Å². The van der Waals surface area contributed by atoms with Gasteiger partial charge in [-0.2, -0.15) is 11.8 Å². The Labute approximate surface area is 136 Å². The number of hydrogen-bond donors (Lipinski definition) is 3. The number of unbranched alkanes of at least 4 members (excludes halogenated alkanes) is 1. The van der Waals surface area contributed by atoms with Crippen molar-refractivity contribution < 1.29 is 9.59 Å². The maximum absolute atomic E-state index is 11.8. The van der Waals surface area contributed by atoms with Crippen molar-refractivity contribution in [1.29, 1.82) is 0 Å². The van der Waals surface area contributed by atoms with Gasteiger partial charge in [0.1, 0.15) is 0 Å². The van der Waals surface area contributed by atoms with Gasteiger partial charge in [-0.15, -0.1) is 0 Å². The number of amides is 3. The van der Waals surface area contributed by atoms with Crippen LogP contribution in [0.25, 0.3) is 0 Å². The third-order valence-electron chi connectivity index (χ3n) is 2.70. The molecule has 0 aliphatic carbocycles. The largest absolute Gasteiger partial charge is 0.336 e. The van der Waals surface area contributed by atoms with Crippen LogP contribution in [0.5, 0.6) is 0 Å². The molecule has 0 aromatic heterocycles. The fourth-order valence-electron chi connectivity index (χ4n) is 1.71. The second kappa shape index (κ2) is 10.1. The predicted molar refractivity (Wildman–Crippen MR) is 94.6 cm³/mol. The summed E-state index contributed by atoms with van der Waals surface area (Å²) in [5.74, 6) is 1.43. The van der Waals surface area contributed by atoms with E-state index in [0.717, 1.165) is 18.6 Å². The smallest absolute Gasteiger partial charge is 0.319 e. The van der Waals surface area contributed by atoms with E-state index < -0.39 is 0 Å².